The van der Waals surface area contributed by atoms with E-state index in [1.54, 1.807) is 0 Å². The third-order valence-electron chi connectivity index (χ3n) is 3.47. The average molecular weight is 213 g/mol. The number of aliphatic carboxylic acids is 1. The van der Waals surface area contributed by atoms with E-state index in [0.29, 0.717) is 18.0 Å². The minimum Gasteiger partial charge on any atom is -0.481 e. The third-order valence-corrected chi connectivity index (χ3v) is 3.47. The predicted molar refractivity (Wildman–Crippen MR) is 60.8 cm³/mol. The van der Waals surface area contributed by atoms with Gasteiger partial charge >= 0.3 is 5.97 Å². The van der Waals surface area contributed by atoms with Gasteiger partial charge in [0.2, 0.25) is 0 Å². The minimum atomic E-state index is -0.621. The van der Waals surface area contributed by atoms with Crippen LogP contribution in [-0.2, 0) is 4.79 Å². The molecule has 0 spiro atoms. The van der Waals surface area contributed by atoms with Gasteiger partial charge in [-0.3, -0.25) is 9.69 Å². The molecule has 2 unspecified atom stereocenters. The molecule has 1 rings (SSSR count). The van der Waals surface area contributed by atoms with E-state index < -0.39 is 5.97 Å². The van der Waals surface area contributed by atoms with Crippen LogP contribution in [0.25, 0.3) is 0 Å². The van der Waals surface area contributed by atoms with Crippen molar-refractivity contribution in [1.29, 1.82) is 0 Å². The summed E-state index contributed by atoms with van der Waals surface area (Å²) in [6.45, 7) is 9.68. The molecule has 15 heavy (non-hydrogen) atoms. The van der Waals surface area contributed by atoms with Crippen LogP contribution in [0.4, 0.5) is 0 Å². The molecular formula is C12H23NO2. The number of rotatable bonds is 3. The third kappa shape index (κ3) is 2.94. The molecule has 0 aromatic carbocycles. The molecule has 0 aromatic heterocycles. The fourth-order valence-corrected chi connectivity index (χ4v) is 2.54. The van der Waals surface area contributed by atoms with E-state index in [4.69, 9.17) is 5.11 Å². The number of hydrogen-bond acceptors (Lipinski definition) is 2. The van der Waals surface area contributed by atoms with Crippen LogP contribution in [0.3, 0.4) is 0 Å². The summed E-state index contributed by atoms with van der Waals surface area (Å²) in [7, 11) is 0. The van der Waals surface area contributed by atoms with Crippen LogP contribution in [0, 0.1) is 11.8 Å². The summed E-state index contributed by atoms with van der Waals surface area (Å²) < 4.78 is 0. The first-order valence-electron chi connectivity index (χ1n) is 5.92. The summed E-state index contributed by atoms with van der Waals surface area (Å²) in [6, 6.07) is 0.951. The molecule has 3 nitrogen and oxygen atoms in total. The van der Waals surface area contributed by atoms with Crippen molar-refractivity contribution >= 4 is 5.97 Å². The lowest BCUT2D eigenvalue weighted by Gasteiger charge is -2.43. The molecule has 1 saturated heterocycles. The number of carboxylic acid groups (broad SMARTS) is 1. The number of hydrogen-bond donors (Lipinski definition) is 1. The van der Waals surface area contributed by atoms with Gasteiger partial charge in [0.15, 0.2) is 0 Å². The Morgan fingerprint density at radius 1 is 1.33 bits per heavy atom. The fourth-order valence-electron chi connectivity index (χ4n) is 2.54. The van der Waals surface area contributed by atoms with E-state index in [9.17, 15) is 4.79 Å². The van der Waals surface area contributed by atoms with Crippen molar-refractivity contribution in [2.24, 2.45) is 11.8 Å². The Bertz CT molecular complexity index is 226. The highest BCUT2D eigenvalue weighted by molar-refractivity contribution is 5.70. The van der Waals surface area contributed by atoms with Crippen LogP contribution in [0.15, 0.2) is 0 Å². The summed E-state index contributed by atoms with van der Waals surface area (Å²) in [5, 5.41) is 9.04. The molecule has 0 aromatic rings. The Kier molecular flexibility index (Phi) is 4.14. The summed E-state index contributed by atoms with van der Waals surface area (Å²) in [4.78, 5) is 13.4. The van der Waals surface area contributed by atoms with Gasteiger partial charge in [0, 0.05) is 12.1 Å². The van der Waals surface area contributed by atoms with E-state index >= 15 is 0 Å². The van der Waals surface area contributed by atoms with E-state index in [1.165, 1.54) is 0 Å². The maximum atomic E-state index is 11.0. The molecular weight excluding hydrogens is 190 g/mol. The molecule has 1 aliphatic heterocycles. The molecule has 3 heteroatoms. The van der Waals surface area contributed by atoms with Crippen molar-refractivity contribution in [3.05, 3.63) is 0 Å². The lowest BCUT2D eigenvalue weighted by atomic mass is 9.84. The van der Waals surface area contributed by atoms with Crippen molar-refractivity contribution in [3.63, 3.8) is 0 Å². The molecule has 2 atom stereocenters. The van der Waals surface area contributed by atoms with Crippen molar-refractivity contribution in [2.75, 3.05) is 6.54 Å². The predicted octanol–water partition coefficient (Wildman–Crippen LogP) is 2.22. The van der Waals surface area contributed by atoms with Crippen LogP contribution in [0.1, 0.15) is 40.5 Å². The van der Waals surface area contributed by atoms with Crippen LogP contribution in [0.5, 0.6) is 0 Å². The van der Waals surface area contributed by atoms with Gasteiger partial charge in [0.1, 0.15) is 0 Å². The lowest BCUT2D eigenvalue weighted by Crippen LogP contribution is -2.49. The first kappa shape index (κ1) is 12.5. The smallest absolute Gasteiger partial charge is 0.306 e. The zero-order chi connectivity index (χ0) is 11.6. The van der Waals surface area contributed by atoms with Gasteiger partial charge in [0.05, 0.1) is 5.92 Å². The van der Waals surface area contributed by atoms with Crippen LogP contribution in [-0.4, -0.2) is 34.6 Å². The molecule has 0 amide bonds. The second kappa shape index (κ2) is 4.97. The SMILES string of the molecule is CC(C)C1CC(C(=O)O)CCN1C(C)C. The van der Waals surface area contributed by atoms with E-state index in [1.807, 2.05) is 0 Å². The lowest BCUT2D eigenvalue weighted by molar-refractivity contribution is -0.144. The Morgan fingerprint density at radius 3 is 2.33 bits per heavy atom. The highest BCUT2D eigenvalue weighted by Gasteiger charge is 2.34. The molecule has 88 valence electrons. The minimum absolute atomic E-state index is 0.132. The van der Waals surface area contributed by atoms with E-state index in [2.05, 4.69) is 32.6 Å². The highest BCUT2D eigenvalue weighted by atomic mass is 16.4. The molecule has 1 N–H and O–H groups in total. The number of likely N-dealkylation sites (tertiary alicyclic amines) is 1. The topological polar surface area (TPSA) is 40.5 Å². The first-order valence-corrected chi connectivity index (χ1v) is 5.92. The Labute approximate surface area is 92.5 Å². The quantitative estimate of drug-likeness (QED) is 0.781. The molecule has 0 bridgehead atoms. The Hall–Kier alpha value is -0.570. The Morgan fingerprint density at radius 2 is 1.93 bits per heavy atom. The number of carboxylic acids is 1. The number of piperidine rings is 1. The number of nitrogens with zero attached hydrogens (tertiary/aromatic N) is 1. The molecule has 0 saturated carbocycles. The Balaban J connectivity index is 2.69. The fraction of sp³-hybridized carbons (Fsp3) is 0.917. The summed E-state index contributed by atoms with van der Waals surface area (Å²) in [6.07, 6.45) is 1.61. The van der Waals surface area contributed by atoms with Gasteiger partial charge in [-0.1, -0.05) is 13.8 Å². The van der Waals surface area contributed by atoms with Crippen LogP contribution >= 0.6 is 0 Å². The van der Waals surface area contributed by atoms with Gasteiger partial charge in [-0.05, 0) is 39.2 Å². The monoisotopic (exact) mass is 213 g/mol. The van der Waals surface area contributed by atoms with E-state index in [-0.39, 0.29) is 5.92 Å². The largest absolute Gasteiger partial charge is 0.481 e. The maximum Gasteiger partial charge on any atom is 0.306 e. The molecule has 1 heterocycles. The van der Waals surface area contributed by atoms with Gasteiger partial charge in [-0.2, -0.15) is 0 Å². The highest BCUT2D eigenvalue weighted by Crippen LogP contribution is 2.29. The summed E-state index contributed by atoms with van der Waals surface area (Å²) in [5.74, 6) is -0.217. The normalized spacial score (nSPS) is 28.7. The summed E-state index contributed by atoms with van der Waals surface area (Å²) >= 11 is 0. The molecule has 0 radical (unpaired) electrons. The first-order chi connectivity index (χ1) is 6.93. The van der Waals surface area contributed by atoms with Crippen molar-refractivity contribution < 1.29 is 9.90 Å². The van der Waals surface area contributed by atoms with Crippen molar-refractivity contribution in [3.8, 4) is 0 Å². The standard InChI is InChI=1S/C12H23NO2/c1-8(2)11-7-10(12(14)15)5-6-13(11)9(3)4/h8-11H,5-7H2,1-4H3,(H,14,15). The van der Waals surface area contributed by atoms with Gasteiger partial charge < -0.3 is 5.11 Å². The van der Waals surface area contributed by atoms with Crippen LogP contribution in [0.2, 0.25) is 0 Å². The zero-order valence-electron chi connectivity index (χ0n) is 10.2. The van der Waals surface area contributed by atoms with Crippen LogP contribution < -0.4 is 0 Å². The van der Waals surface area contributed by atoms with E-state index in [0.717, 1.165) is 19.4 Å². The zero-order valence-corrected chi connectivity index (χ0v) is 10.2. The second-order valence-electron chi connectivity index (χ2n) is 5.20. The molecule has 1 aliphatic rings. The van der Waals surface area contributed by atoms with Gasteiger partial charge in [-0.15, -0.1) is 0 Å². The van der Waals surface area contributed by atoms with Gasteiger partial charge in [0.25, 0.3) is 0 Å². The number of carbonyl (C=O) groups is 1. The second-order valence-corrected chi connectivity index (χ2v) is 5.20. The van der Waals surface area contributed by atoms with Crippen molar-refractivity contribution in [2.45, 2.75) is 52.6 Å². The molecule has 1 fully saturated rings. The average Bonchev–Trinajstić information content (AvgIpc) is 2.16. The van der Waals surface area contributed by atoms with Gasteiger partial charge in [-0.25, -0.2) is 0 Å². The maximum absolute atomic E-state index is 11.0. The molecule has 0 aliphatic carbocycles. The summed E-state index contributed by atoms with van der Waals surface area (Å²) in [5.41, 5.74) is 0. The van der Waals surface area contributed by atoms with Crippen molar-refractivity contribution in [1.82, 2.24) is 4.90 Å².